The number of hydrogen-bond donors (Lipinski definition) is 0. The Morgan fingerprint density at radius 2 is 2.15 bits per heavy atom. The van der Waals surface area contributed by atoms with Crippen LogP contribution in [-0.4, -0.2) is 53.6 Å². The first-order valence-corrected chi connectivity index (χ1v) is 8.51. The van der Waals surface area contributed by atoms with Crippen LogP contribution < -0.4 is 4.74 Å². The topological polar surface area (TPSA) is 85.2 Å². The fourth-order valence-electron chi connectivity index (χ4n) is 3.44. The van der Waals surface area contributed by atoms with Crippen molar-refractivity contribution in [3.8, 4) is 5.75 Å². The summed E-state index contributed by atoms with van der Waals surface area (Å²) in [7, 11) is 3.35. The van der Waals surface area contributed by atoms with Crippen molar-refractivity contribution >= 4 is 17.3 Å². The third-order valence-electron chi connectivity index (χ3n) is 4.84. The highest BCUT2D eigenvalue weighted by Gasteiger charge is 2.40. The third-order valence-corrected chi connectivity index (χ3v) is 4.84. The molecule has 1 aromatic rings. The summed E-state index contributed by atoms with van der Waals surface area (Å²) in [6.07, 6.45) is 1.24. The fraction of sp³-hybridized carbons (Fsp3) is 0.500. The summed E-state index contributed by atoms with van der Waals surface area (Å²) in [4.78, 5) is 30.3. The summed E-state index contributed by atoms with van der Waals surface area (Å²) in [5.41, 5.74) is 1.41. The van der Waals surface area contributed by atoms with Crippen LogP contribution in [0.4, 0.5) is 5.69 Å². The van der Waals surface area contributed by atoms with Gasteiger partial charge in [0.15, 0.2) is 0 Å². The molecule has 2 aliphatic heterocycles. The number of nitrogens with zero attached hydrogens (tertiary/aromatic N) is 3. The summed E-state index contributed by atoms with van der Waals surface area (Å²) in [6.45, 7) is 4.85. The molecule has 0 aromatic heterocycles. The summed E-state index contributed by atoms with van der Waals surface area (Å²) < 4.78 is 6.14. The zero-order chi connectivity index (χ0) is 19.1. The number of hydroxylamine groups is 2. The number of rotatable bonds is 5. The van der Waals surface area contributed by atoms with E-state index in [0.717, 1.165) is 12.0 Å². The Balaban J connectivity index is 2.24. The number of benzene rings is 1. The smallest absolute Gasteiger partial charge is 0.270 e. The van der Waals surface area contributed by atoms with Crippen LogP contribution in [0, 0.1) is 10.1 Å². The molecule has 0 spiro atoms. The Kier molecular flexibility index (Phi) is 4.72. The van der Waals surface area contributed by atoms with Gasteiger partial charge in [-0.3, -0.25) is 14.9 Å². The summed E-state index contributed by atoms with van der Waals surface area (Å²) in [5.74, 6) is 0.562. The van der Waals surface area contributed by atoms with E-state index >= 15 is 0 Å². The van der Waals surface area contributed by atoms with Gasteiger partial charge in [-0.1, -0.05) is 0 Å². The largest absolute Gasteiger partial charge is 0.483 e. The van der Waals surface area contributed by atoms with E-state index in [0.29, 0.717) is 36.5 Å². The van der Waals surface area contributed by atoms with Crippen LogP contribution in [0.5, 0.6) is 5.75 Å². The lowest BCUT2D eigenvalue weighted by atomic mass is 9.88. The van der Waals surface area contributed by atoms with E-state index < -0.39 is 10.5 Å². The zero-order valence-electron chi connectivity index (χ0n) is 15.4. The van der Waals surface area contributed by atoms with Gasteiger partial charge < -0.3 is 14.5 Å². The first kappa shape index (κ1) is 18.3. The highest BCUT2D eigenvalue weighted by Crippen LogP contribution is 2.44. The van der Waals surface area contributed by atoms with Crippen molar-refractivity contribution in [3.05, 3.63) is 39.4 Å². The summed E-state index contributed by atoms with van der Waals surface area (Å²) in [6, 6.07) is 4.51. The number of non-ortho nitro benzene ring substituents is 1. The van der Waals surface area contributed by atoms with Gasteiger partial charge in [0.1, 0.15) is 11.4 Å². The van der Waals surface area contributed by atoms with E-state index in [2.05, 4.69) is 0 Å². The van der Waals surface area contributed by atoms with Gasteiger partial charge in [0.25, 0.3) is 5.69 Å². The maximum Gasteiger partial charge on any atom is 0.270 e. The minimum absolute atomic E-state index is 0.0210. The molecule has 1 aromatic carbocycles. The molecule has 0 atom stereocenters. The van der Waals surface area contributed by atoms with E-state index in [9.17, 15) is 14.9 Å². The standard InChI is InChI=1S/C18H23N3O5/c1-18(2)14(11-19(3)25-4)17(20-9-5-6-16(20)22)13-10-12(21(23)24)7-8-15(13)26-18/h7-8,10H,5-6,9,11H2,1-4H3. The van der Waals surface area contributed by atoms with E-state index in [1.54, 1.807) is 30.2 Å². The van der Waals surface area contributed by atoms with Crippen LogP contribution in [0.3, 0.4) is 0 Å². The first-order chi connectivity index (χ1) is 12.2. The molecule has 26 heavy (non-hydrogen) atoms. The molecular weight excluding hydrogens is 338 g/mol. The lowest BCUT2D eigenvalue weighted by Gasteiger charge is -2.40. The van der Waals surface area contributed by atoms with Gasteiger partial charge in [0, 0.05) is 43.3 Å². The predicted molar refractivity (Wildman–Crippen MR) is 95.3 cm³/mol. The highest BCUT2D eigenvalue weighted by molar-refractivity contribution is 5.92. The molecular formula is C18H23N3O5. The maximum absolute atomic E-state index is 12.5. The summed E-state index contributed by atoms with van der Waals surface area (Å²) in [5, 5.41) is 12.9. The van der Waals surface area contributed by atoms with Gasteiger partial charge in [0.2, 0.25) is 5.91 Å². The Morgan fingerprint density at radius 3 is 2.73 bits per heavy atom. The zero-order valence-corrected chi connectivity index (χ0v) is 15.4. The maximum atomic E-state index is 12.5. The molecule has 2 aliphatic rings. The van der Waals surface area contributed by atoms with E-state index in [-0.39, 0.29) is 11.6 Å². The van der Waals surface area contributed by atoms with Crippen LogP contribution in [0.15, 0.2) is 23.8 Å². The normalized spacial score (nSPS) is 19.0. The fourth-order valence-corrected chi connectivity index (χ4v) is 3.44. The highest BCUT2D eigenvalue weighted by atomic mass is 16.7. The van der Waals surface area contributed by atoms with Crippen LogP contribution in [-0.2, 0) is 9.63 Å². The average Bonchev–Trinajstić information content (AvgIpc) is 3.00. The van der Waals surface area contributed by atoms with Gasteiger partial charge >= 0.3 is 0 Å². The molecule has 140 valence electrons. The molecule has 1 fully saturated rings. The van der Waals surface area contributed by atoms with Gasteiger partial charge in [-0.05, 0) is 26.3 Å². The summed E-state index contributed by atoms with van der Waals surface area (Å²) >= 11 is 0. The molecule has 0 aliphatic carbocycles. The predicted octanol–water partition coefficient (Wildman–Crippen LogP) is 2.59. The second kappa shape index (κ2) is 6.69. The number of nitro groups is 1. The van der Waals surface area contributed by atoms with Gasteiger partial charge in [-0.25, -0.2) is 0 Å². The molecule has 3 rings (SSSR count). The van der Waals surface area contributed by atoms with Crippen molar-refractivity contribution in [2.75, 3.05) is 27.2 Å². The second-order valence-electron chi connectivity index (χ2n) is 6.99. The number of likely N-dealkylation sites (N-methyl/N-ethyl adjacent to an activating group) is 1. The molecule has 0 N–H and O–H groups in total. The van der Waals surface area contributed by atoms with E-state index in [1.807, 2.05) is 13.8 Å². The molecule has 0 bridgehead atoms. The molecule has 8 nitrogen and oxygen atoms in total. The molecule has 0 radical (unpaired) electrons. The molecule has 2 heterocycles. The number of likely N-dealkylation sites (tertiary alicyclic amines) is 1. The van der Waals surface area contributed by atoms with Crippen molar-refractivity contribution in [1.29, 1.82) is 0 Å². The Hall–Kier alpha value is -2.45. The Labute approximate surface area is 152 Å². The van der Waals surface area contributed by atoms with Crippen molar-refractivity contribution in [2.45, 2.75) is 32.3 Å². The van der Waals surface area contributed by atoms with Crippen LogP contribution in [0.1, 0.15) is 32.3 Å². The molecule has 1 saturated heterocycles. The number of nitro benzene ring substituents is 1. The third kappa shape index (κ3) is 3.17. The monoisotopic (exact) mass is 361 g/mol. The number of carbonyl (C=O) groups excluding carboxylic acids is 1. The van der Waals surface area contributed by atoms with Crippen LogP contribution in [0.25, 0.3) is 5.70 Å². The first-order valence-electron chi connectivity index (χ1n) is 8.51. The number of ether oxygens (including phenoxy) is 1. The lowest BCUT2D eigenvalue weighted by Crippen LogP contribution is -2.42. The van der Waals surface area contributed by atoms with Crippen molar-refractivity contribution in [3.63, 3.8) is 0 Å². The van der Waals surface area contributed by atoms with Gasteiger partial charge in [-0.15, -0.1) is 0 Å². The minimum Gasteiger partial charge on any atom is -0.483 e. The molecule has 8 heteroatoms. The number of amides is 1. The van der Waals surface area contributed by atoms with E-state index in [1.165, 1.54) is 12.1 Å². The SMILES string of the molecule is CON(C)CC1=C(N2CCCC2=O)c2cc([N+](=O)[O-])ccc2OC1(C)C. The molecule has 0 unspecified atom stereocenters. The molecule has 1 amide bonds. The number of fused-ring (bicyclic) bond motifs is 1. The Bertz CT molecular complexity index is 787. The number of carbonyl (C=O) groups is 1. The number of hydrogen-bond acceptors (Lipinski definition) is 6. The van der Waals surface area contributed by atoms with Crippen LogP contribution in [0.2, 0.25) is 0 Å². The Morgan fingerprint density at radius 1 is 1.42 bits per heavy atom. The van der Waals surface area contributed by atoms with E-state index in [4.69, 9.17) is 9.57 Å². The van der Waals surface area contributed by atoms with Crippen molar-refractivity contribution in [1.82, 2.24) is 9.96 Å². The average molecular weight is 361 g/mol. The van der Waals surface area contributed by atoms with Crippen molar-refractivity contribution in [2.24, 2.45) is 0 Å². The molecule has 0 saturated carbocycles. The van der Waals surface area contributed by atoms with Crippen LogP contribution >= 0.6 is 0 Å². The second-order valence-corrected chi connectivity index (χ2v) is 6.99. The van der Waals surface area contributed by atoms with Gasteiger partial charge in [-0.2, -0.15) is 5.06 Å². The van der Waals surface area contributed by atoms with Gasteiger partial charge in [0.05, 0.1) is 24.3 Å². The lowest BCUT2D eigenvalue weighted by molar-refractivity contribution is -0.384. The minimum atomic E-state index is -0.686. The quantitative estimate of drug-likeness (QED) is 0.592. The van der Waals surface area contributed by atoms with Crippen molar-refractivity contribution < 1.29 is 19.3 Å².